The second-order valence-corrected chi connectivity index (χ2v) is 7.16. The van der Waals surface area contributed by atoms with Crippen LogP contribution >= 0.6 is 0 Å². The smallest absolute Gasteiger partial charge is 0.324 e. The SMILES string of the molecule is CCNC(C)(C(=O)O)C12CC3CC(CC(C3)C1)C2. The van der Waals surface area contributed by atoms with Gasteiger partial charge in [-0.25, -0.2) is 0 Å². The molecule has 0 spiro atoms. The number of likely N-dealkylation sites (N-methyl/N-ethyl adjacent to an activating group) is 1. The summed E-state index contributed by atoms with van der Waals surface area (Å²) < 4.78 is 0. The van der Waals surface area contributed by atoms with Crippen molar-refractivity contribution in [2.24, 2.45) is 23.2 Å². The van der Waals surface area contributed by atoms with Gasteiger partial charge in [-0.05, 0) is 75.2 Å². The second-order valence-electron chi connectivity index (χ2n) is 7.16. The van der Waals surface area contributed by atoms with Crippen LogP contribution in [0.25, 0.3) is 0 Å². The van der Waals surface area contributed by atoms with E-state index in [9.17, 15) is 9.90 Å². The van der Waals surface area contributed by atoms with Gasteiger partial charge >= 0.3 is 5.97 Å². The Morgan fingerprint density at radius 3 is 2.00 bits per heavy atom. The van der Waals surface area contributed by atoms with Crippen LogP contribution in [0.1, 0.15) is 52.4 Å². The summed E-state index contributed by atoms with van der Waals surface area (Å²) in [6.07, 6.45) is 7.49. The van der Waals surface area contributed by atoms with E-state index in [0.29, 0.717) is 0 Å². The van der Waals surface area contributed by atoms with Gasteiger partial charge in [0.25, 0.3) is 0 Å². The van der Waals surface area contributed by atoms with Gasteiger partial charge in [0.2, 0.25) is 0 Å². The molecule has 2 N–H and O–H groups in total. The van der Waals surface area contributed by atoms with Crippen molar-refractivity contribution in [1.82, 2.24) is 5.32 Å². The Morgan fingerprint density at radius 2 is 1.67 bits per heavy atom. The first-order chi connectivity index (χ1) is 8.49. The Hall–Kier alpha value is -0.570. The highest BCUT2D eigenvalue weighted by molar-refractivity contribution is 5.79. The maximum atomic E-state index is 11.9. The minimum atomic E-state index is -0.724. The second kappa shape index (κ2) is 3.96. The lowest BCUT2D eigenvalue weighted by molar-refractivity contribution is -0.164. The first kappa shape index (κ1) is 12.5. The summed E-state index contributed by atoms with van der Waals surface area (Å²) >= 11 is 0. The summed E-state index contributed by atoms with van der Waals surface area (Å²) in [7, 11) is 0. The maximum absolute atomic E-state index is 11.9. The molecule has 4 bridgehead atoms. The van der Waals surface area contributed by atoms with E-state index in [2.05, 4.69) is 5.32 Å². The number of carbonyl (C=O) groups is 1. The number of carboxylic acid groups (broad SMARTS) is 1. The average molecular weight is 251 g/mol. The van der Waals surface area contributed by atoms with E-state index in [-0.39, 0.29) is 5.41 Å². The van der Waals surface area contributed by atoms with Crippen LogP contribution in [-0.2, 0) is 4.79 Å². The van der Waals surface area contributed by atoms with Crippen LogP contribution in [0.15, 0.2) is 0 Å². The minimum absolute atomic E-state index is 0.0175. The number of rotatable bonds is 4. The van der Waals surface area contributed by atoms with Crippen molar-refractivity contribution >= 4 is 5.97 Å². The largest absolute Gasteiger partial charge is 0.480 e. The molecule has 0 aromatic heterocycles. The molecule has 0 heterocycles. The molecule has 1 unspecified atom stereocenters. The maximum Gasteiger partial charge on any atom is 0.324 e. The fourth-order valence-corrected chi connectivity index (χ4v) is 5.57. The molecule has 3 nitrogen and oxygen atoms in total. The van der Waals surface area contributed by atoms with Crippen molar-refractivity contribution in [3.05, 3.63) is 0 Å². The van der Waals surface area contributed by atoms with Crippen LogP contribution in [0.5, 0.6) is 0 Å². The molecule has 0 aliphatic heterocycles. The summed E-state index contributed by atoms with van der Waals surface area (Å²) in [5, 5.41) is 13.1. The highest BCUT2D eigenvalue weighted by Crippen LogP contribution is 2.63. The molecule has 3 heteroatoms. The average Bonchev–Trinajstić information content (AvgIpc) is 2.26. The number of nitrogens with one attached hydrogen (secondary N) is 1. The number of hydrogen-bond acceptors (Lipinski definition) is 2. The van der Waals surface area contributed by atoms with Crippen LogP contribution in [0, 0.1) is 23.2 Å². The molecular weight excluding hydrogens is 226 g/mol. The first-order valence-electron chi connectivity index (χ1n) is 7.47. The number of carboxylic acids is 1. The van der Waals surface area contributed by atoms with E-state index in [1.165, 1.54) is 19.3 Å². The number of aliphatic carboxylic acids is 1. The van der Waals surface area contributed by atoms with Crippen molar-refractivity contribution in [1.29, 1.82) is 0 Å². The molecule has 4 aliphatic rings. The Balaban J connectivity index is 1.96. The fourth-order valence-electron chi connectivity index (χ4n) is 5.57. The van der Waals surface area contributed by atoms with E-state index in [0.717, 1.165) is 43.6 Å². The molecule has 4 saturated carbocycles. The molecule has 102 valence electrons. The van der Waals surface area contributed by atoms with E-state index in [1.807, 2.05) is 13.8 Å². The monoisotopic (exact) mass is 251 g/mol. The van der Waals surface area contributed by atoms with Gasteiger partial charge in [0.1, 0.15) is 5.54 Å². The van der Waals surface area contributed by atoms with Gasteiger partial charge in [-0.1, -0.05) is 6.92 Å². The molecule has 4 rings (SSSR count). The zero-order valence-corrected chi connectivity index (χ0v) is 11.5. The molecule has 0 aromatic carbocycles. The fraction of sp³-hybridized carbons (Fsp3) is 0.933. The van der Waals surface area contributed by atoms with E-state index >= 15 is 0 Å². The lowest BCUT2D eigenvalue weighted by Gasteiger charge is -2.61. The molecule has 0 saturated heterocycles. The van der Waals surface area contributed by atoms with E-state index in [4.69, 9.17) is 0 Å². The van der Waals surface area contributed by atoms with Crippen molar-refractivity contribution in [3.63, 3.8) is 0 Å². The third kappa shape index (κ3) is 1.56. The van der Waals surface area contributed by atoms with Gasteiger partial charge in [0.15, 0.2) is 0 Å². The molecule has 4 fully saturated rings. The third-order valence-corrected chi connectivity index (χ3v) is 6.06. The lowest BCUT2D eigenvalue weighted by Crippen LogP contribution is -2.66. The normalized spacial score (nSPS) is 44.9. The lowest BCUT2D eigenvalue weighted by atomic mass is 9.45. The quantitative estimate of drug-likeness (QED) is 0.807. The predicted molar refractivity (Wildman–Crippen MR) is 70.3 cm³/mol. The molecule has 4 aliphatic carbocycles. The van der Waals surface area contributed by atoms with Gasteiger partial charge in [-0.15, -0.1) is 0 Å². The number of hydrogen-bond donors (Lipinski definition) is 2. The summed E-state index contributed by atoms with van der Waals surface area (Å²) in [6, 6.07) is 0. The van der Waals surface area contributed by atoms with Crippen LogP contribution in [0.3, 0.4) is 0 Å². The highest BCUT2D eigenvalue weighted by atomic mass is 16.4. The first-order valence-corrected chi connectivity index (χ1v) is 7.47. The van der Waals surface area contributed by atoms with Crippen molar-refractivity contribution < 1.29 is 9.90 Å². The predicted octanol–water partition coefficient (Wildman–Crippen LogP) is 2.66. The summed E-state index contributed by atoms with van der Waals surface area (Å²) in [5.41, 5.74) is -0.707. The topological polar surface area (TPSA) is 49.3 Å². The Labute approximate surface area is 109 Å². The Bertz CT molecular complexity index is 330. The van der Waals surface area contributed by atoms with Crippen LogP contribution in [0.2, 0.25) is 0 Å². The molecule has 0 radical (unpaired) electrons. The summed E-state index contributed by atoms with van der Waals surface area (Å²) in [5.74, 6) is 1.75. The Kier molecular flexibility index (Phi) is 2.74. The van der Waals surface area contributed by atoms with Gasteiger partial charge in [0, 0.05) is 0 Å². The zero-order valence-electron chi connectivity index (χ0n) is 11.5. The van der Waals surface area contributed by atoms with Crippen LogP contribution in [0.4, 0.5) is 0 Å². The van der Waals surface area contributed by atoms with Crippen molar-refractivity contribution in [3.8, 4) is 0 Å². The molecule has 0 amide bonds. The van der Waals surface area contributed by atoms with Crippen molar-refractivity contribution in [2.45, 2.75) is 57.9 Å². The van der Waals surface area contributed by atoms with Gasteiger partial charge in [0.05, 0.1) is 0 Å². The van der Waals surface area contributed by atoms with Gasteiger partial charge in [-0.2, -0.15) is 0 Å². The Morgan fingerprint density at radius 1 is 1.22 bits per heavy atom. The van der Waals surface area contributed by atoms with E-state index in [1.54, 1.807) is 0 Å². The van der Waals surface area contributed by atoms with E-state index < -0.39 is 11.5 Å². The minimum Gasteiger partial charge on any atom is -0.480 e. The molecular formula is C15H25NO2. The highest BCUT2D eigenvalue weighted by Gasteiger charge is 2.61. The summed E-state index contributed by atoms with van der Waals surface area (Å²) in [4.78, 5) is 11.9. The molecule has 1 atom stereocenters. The molecule has 18 heavy (non-hydrogen) atoms. The zero-order chi connectivity index (χ0) is 13.0. The van der Waals surface area contributed by atoms with Crippen molar-refractivity contribution in [2.75, 3.05) is 6.54 Å². The van der Waals surface area contributed by atoms with Gasteiger partial charge in [-0.3, -0.25) is 4.79 Å². The van der Waals surface area contributed by atoms with Gasteiger partial charge < -0.3 is 10.4 Å². The standard InChI is InChI=1S/C15H25NO2/c1-3-16-14(2,13(17)18)15-7-10-4-11(8-15)6-12(5-10)9-15/h10-12,16H,3-9H2,1-2H3,(H,17,18). The summed E-state index contributed by atoms with van der Waals surface area (Å²) in [6.45, 7) is 4.69. The van der Waals surface area contributed by atoms with Crippen LogP contribution < -0.4 is 5.32 Å². The van der Waals surface area contributed by atoms with Crippen LogP contribution in [-0.4, -0.2) is 23.2 Å². The molecule has 0 aromatic rings. The third-order valence-electron chi connectivity index (χ3n) is 6.06.